The number of Topliss-reactive ketones (excluding diaryl/α,β-unsaturated/α-hetero) is 1. The number of hydrogen-bond donors (Lipinski definition) is 0. The summed E-state index contributed by atoms with van der Waals surface area (Å²) < 4.78 is 4.40. The van der Waals surface area contributed by atoms with Crippen molar-refractivity contribution in [1.82, 2.24) is 5.16 Å². The van der Waals surface area contributed by atoms with Crippen molar-refractivity contribution < 1.29 is 14.3 Å². The van der Waals surface area contributed by atoms with Crippen LogP contribution < -0.4 is 4.90 Å². The Balaban J connectivity index is 2.59. The highest BCUT2D eigenvalue weighted by molar-refractivity contribution is 5.96. The van der Waals surface area contributed by atoms with Crippen molar-refractivity contribution in [2.75, 3.05) is 0 Å². The third-order valence-corrected chi connectivity index (χ3v) is 1.99. The minimum atomic E-state index is -0.370. The van der Waals surface area contributed by atoms with Gasteiger partial charge in [-0.3, -0.25) is 9.42 Å². The normalized spacial score (nSPS) is 10.2. The fraction of sp³-hybridized carbons (Fsp3) is 0.100. The van der Waals surface area contributed by atoms with Gasteiger partial charge in [0.05, 0.1) is 0 Å². The number of rotatable bonds is 2. The lowest BCUT2D eigenvalue weighted by molar-refractivity contribution is -0.803. The molecule has 0 saturated heterocycles. The van der Waals surface area contributed by atoms with Crippen LogP contribution in [-0.2, 0) is 0 Å². The fourth-order valence-electron chi connectivity index (χ4n) is 1.33. The Labute approximate surface area is 85.5 Å². The molecule has 5 heteroatoms. The van der Waals surface area contributed by atoms with Crippen molar-refractivity contribution in [3.8, 4) is 11.3 Å². The summed E-state index contributed by atoms with van der Waals surface area (Å²) in [5, 5.41) is 14.7. The highest BCUT2D eigenvalue weighted by Gasteiger charge is 2.24. The van der Waals surface area contributed by atoms with Gasteiger partial charge in [0.1, 0.15) is 0 Å². The van der Waals surface area contributed by atoms with E-state index in [2.05, 4.69) is 9.79 Å². The number of ketones is 1. The van der Waals surface area contributed by atoms with Gasteiger partial charge in [0.25, 0.3) is 11.4 Å². The lowest BCUT2D eigenvalue weighted by Gasteiger charge is -1.93. The quantitative estimate of drug-likeness (QED) is 0.544. The van der Waals surface area contributed by atoms with E-state index in [1.807, 2.05) is 6.07 Å². The summed E-state index contributed by atoms with van der Waals surface area (Å²) in [6.07, 6.45) is 0. The molecule has 0 N–H and O–H groups in total. The maximum absolute atomic E-state index is 11.2. The van der Waals surface area contributed by atoms with Gasteiger partial charge in [0.2, 0.25) is 5.78 Å². The molecule has 0 saturated carbocycles. The number of carbonyl (C=O) groups excluding carboxylic acids is 1. The second kappa shape index (κ2) is 3.53. The lowest BCUT2D eigenvalue weighted by Crippen LogP contribution is -2.30. The standard InChI is InChI=1S/C10H8N2O3/c1-7(13)10-9(11-15-12(10)14)8-5-3-2-4-6-8/h2-6H,1H3. The predicted molar refractivity (Wildman–Crippen MR) is 50.9 cm³/mol. The van der Waals surface area contributed by atoms with Crippen molar-refractivity contribution in [3.05, 3.63) is 41.2 Å². The van der Waals surface area contributed by atoms with E-state index in [4.69, 9.17) is 0 Å². The van der Waals surface area contributed by atoms with Crippen LogP contribution in [-0.4, -0.2) is 10.9 Å². The zero-order valence-corrected chi connectivity index (χ0v) is 8.01. The summed E-state index contributed by atoms with van der Waals surface area (Å²) in [7, 11) is 0. The summed E-state index contributed by atoms with van der Waals surface area (Å²) in [5.41, 5.74) is 0.889. The molecule has 2 aromatic rings. The van der Waals surface area contributed by atoms with Crippen molar-refractivity contribution in [2.45, 2.75) is 6.92 Å². The summed E-state index contributed by atoms with van der Waals surface area (Å²) in [4.78, 5) is 11.3. The van der Waals surface area contributed by atoms with E-state index in [1.54, 1.807) is 24.3 Å². The SMILES string of the molecule is CC(=O)c1c(-c2ccccc2)no[n+]1[O-]. The van der Waals surface area contributed by atoms with E-state index in [-0.39, 0.29) is 22.1 Å². The van der Waals surface area contributed by atoms with Crippen LogP contribution in [0.2, 0.25) is 0 Å². The smallest absolute Gasteiger partial charge is 0.268 e. The highest BCUT2D eigenvalue weighted by atomic mass is 16.8. The molecule has 0 amide bonds. The zero-order valence-electron chi connectivity index (χ0n) is 8.01. The largest absolute Gasteiger partial charge is 0.359 e. The maximum atomic E-state index is 11.2. The van der Waals surface area contributed by atoms with Crippen LogP contribution in [0, 0.1) is 5.21 Å². The molecule has 76 valence electrons. The molecule has 0 radical (unpaired) electrons. The average molecular weight is 204 g/mol. The van der Waals surface area contributed by atoms with Crippen molar-refractivity contribution in [3.63, 3.8) is 0 Å². The minimum absolute atomic E-state index is 0.0683. The molecule has 1 heterocycles. The Hall–Kier alpha value is -2.17. The van der Waals surface area contributed by atoms with Gasteiger partial charge in [-0.1, -0.05) is 30.3 Å². The molecule has 0 aliphatic carbocycles. The first-order chi connectivity index (χ1) is 7.20. The Kier molecular flexibility index (Phi) is 2.21. The second-order valence-electron chi connectivity index (χ2n) is 3.05. The molecule has 5 nitrogen and oxygen atoms in total. The first-order valence-corrected chi connectivity index (χ1v) is 4.36. The van der Waals surface area contributed by atoms with Gasteiger partial charge in [-0.25, -0.2) is 0 Å². The molecule has 0 unspecified atom stereocenters. The van der Waals surface area contributed by atoms with Crippen LogP contribution >= 0.6 is 0 Å². The van der Waals surface area contributed by atoms with Crippen LogP contribution in [0.25, 0.3) is 11.3 Å². The Morgan fingerprint density at radius 3 is 2.67 bits per heavy atom. The van der Waals surface area contributed by atoms with Gasteiger partial charge in [0, 0.05) is 17.6 Å². The summed E-state index contributed by atoms with van der Waals surface area (Å²) in [6, 6.07) is 8.93. The van der Waals surface area contributed by atoms with Crippen molar-refractivity contribution >= 4 is 5.78 Å². The molecular weight excluding hydrogens is 196 g/mol. The van der Waals surface area contributed by atoms with Gasteiger partial charge in [-0.05, 0) is 4.90 Å². The van der Waals surface area contributed by atoms with Gasteiger partial charge in [-0.15, -0.1) is 0 Å². The number of benzene rings is 1. The molecule has 15 heavy (non-hydrogen) atoms. The Bertz CT molecular complexity index is 491. The summed E-state index contributed by atoms with van der Waals surface area (Å²) >= 11 is 0. The van der Waals surface area contributed by atoms with E-state index in [0.29, 0.717) is 5.56 Å². The van der Waals surface area contributed by atoms with Gasteiger partial charge in [-0.2, -0.15) is 0 Å². The number of nitrogens with zero attached hydrogens (tertiary/aromatic N) is 2. The third kappa shape index (κ3) is 1.59. The van der Waals surface area contributed by atoms with E-state index in [0.717, 1.165) is 0 Å². The van der Waals surface area contributed by atoms with Crippen LogP contribution in [0.5, 0.6) is 0 Å². The molecule has 1 aromatic carbocycles. The molecule has 0 bridgehead atoms. The summed E-state index contributed by atoms with van der Waals surface area (Å²) in [5.74, 6) is -0.370. The second-order valence-corrected chi connectivity index (χ2v) is 3.05. The van der Waals surface area contributed by atoms with Crippen molar-refractivity contribution in [1.29, 1.82) is 0 Å². The fourth-order valence-corrected chi connectivity index (χ4v) is 1.33. The number of hydrogen-bond acceptors (Lipinski definition) is 4. The zero-order chi connectivity index (χ0) is 10.8. The van der Waals surface area contributed by atoms with Gasteiger partial charge >= 0.3 is 0 Å². The van der Waals surface area contributed by atoms with Gasteiger partial charge < -0.3 is 5.21 Å². The monoisotopic (exact) mass is 204 g/mol. The third-order valence-electron chi connectivity index (χ3n) is 1.99. The molecule has 1 aromatic heterocycles. The average Bonchev–Trinajstić information content (AvgIpc) is 2.61. The summed E-state index contributed by atoms with van der Waals surface area (Å²) in [6.45, 7) is 1.30. The topological polar surface area (TPSA) is 70.0 Å². The van der Waals surface area contributed by atoms with Crippen LogP contribution in [0.15, 0.2) is 35.0 Å². The highest BCUT2D eigenvalue weighted by Crippen LogP contribution is 2.18. The Morgan fingerprint density at radius 1 is 1.40 bits per heavy atom. The number of aromatic nitrogens is 2. The number of carbonyl (C=O) groups is 1. The van der Waals surface area contributed by atoms with E-state index in [1.165, 1.54) is 6.92 Å². The molecule has 0 spiro atoms. The molecular formula is C10H8N2O3. The predicted octanol–water partition coefficient (Wildman–Crippen LogP) is 1.18. The molecule has 0 aliphatic rings. The van der Waals surface area contributed by atoms with E-state index in [9.17, 15) is 10.0 Å². The molecule has 0 atom stereocenters. The van der Waals surface area contributed by atoms with Crippen LogP contribution in [0.4, 0.5) is 0 Å². The van der Waals surface area contributed by atoms with E-state index >= 15 is 0 Å². The van der Waals surface area contributed by atoms with E-state index < -0.39 is 0 Å². The maximum Gasteiger partial charge on any atom is 0.268 e. The molecule has 0 aliphatic heterocycles. The molecule has 2 rings (SSSR count). The molecule has 0 fully saturated rings. The first-order valence-electron chi connectivity index (χ1n) is 4.36. The van der Waals surface area contributed by atoms with Crippen LogP contribution in [0.3, 0.4) is 0 Å². The first kappa shape index (κ1) is 9.39. The van der Waals surface area contributed by atoms with Gasteiger partial charge in [0.15, 0.2) is 0 Å². The minimum Gasteiger partial charge on any atom is -0.359 e. The van der Waals surface area contributed by atoms with Crippen LogP contribution in [0.1, 0.15) is 17.4 Å². The Morgan fingerprint density at radius 2 is 2.07 bits per heavy atom. The van der Waals surface area contributed by atoms with Crippen molar-refractivity contribution in [2.24, 2.45) is 0 Å². The lowest BCUT2D eigenvalue weighted by atomic mass is 10.1.